The number of anilines is 2. The van der Waals surface area contributed by atoms with E-state index in [2.05, 4.69) is 10.3 Å². The maximum absolute atomic E-state index is 6.19. The minimum atomic E-state index is 0.389. The van der Waals surface area contributed by atoms with Gasteiger partial charge >= 0.3 is 0 Å². The zero-order valence-corrected chi connectivity index (χ0v) is 12.6. The molecule has 2 aromatic carbocycles. The molecule has 3 N–H and O–H groups in total. The number of aromatic nitrogens is 1. The number of pyridine rings is 1. The van der Waals surface area contributed by atoms with Crippen molar-refractivity contribution < 1.29 is 0 Å². The molecule has 0 saturated carbocycles. The molecule has 21 heavy (non-hydrogen) atoms. The Bertz CT molecular complexity index is 815. The number of halogens is 1. The first-order chi connectivity index (χ1) is 10.1. The Balaban J connectivity index is 1.98. The molecule has 3 rings (SSSR count). The lowest BCUT2D eigenvalue weighted by Crippen LogP contribution is -2.08. The van der Waals surface area contributed by atoms with E-state index in [1.807, 2.05) is 48.5 Å². The first-order valence-electron chi connectivity index (χ1n) is 6.35. The van der Waals surface area contributed by atoms with E-state index in [0.717, 1.165) is 27.8 Å². The van der Waals surface area contributed by atoms with Crippen LogP contribution in [0.5, 0.6) is 0 Å². The van der Waals surface area contributed by atoms with Crippen molar-refractivity contribution in [2.75, 3.05) is 5.32 Å². The third-order valence-corrected chi connectivity index (χ3v) is 3.73. The number of hydrogen-bond donors (Lipinski definition) is 2. The van der Waals surface area contributed by atoms with Gasteiger partial charge in [0.2, 0.25) is 0 Å². The third kappa shape index (κ3) is 2.82. The summed E-state index contributed by atoms with van der Waals surface area (Å²) >= 11 is 11.1. The zero-order valence-electron chi connectivity index (χ0n) is 11.0. The summed E-state index contributed by atoms with van der Waals surface area (Å²) in [5.74, 6) is 0. The monoisotopic (exact) mass is 313 g/mol. The molecule has 0 aliphatic carbocycles. The average Bonchev–Trinajstić information content (AvgIpc) is 2.51. The van der Waals surface area contributed by atoms with E-state index >= 15 is 0 Å². The lowest BCUT2D eigenvalue weighted by molar-refractivity contribution is 1.40. The Hall–Kier alpha value is -2.17. The molecule has 104 valence electrons. The van der Waals surface area contributed by atoms with Gasteiger partial charge in [-0.25, -0.2) is 0 Å². The fourth-order valence-corrected chi connectivity index (χ4v) is 2.46. The van der Waals surface area contributed by atoms with E-state index in [1.54, 1.807) is 6.20 Å². The first kappa shape index (κ1) is 13.8. The van der Waals surface area contributed by atoms with Crippen LogP contribution in [0.4, 0.5) is 11.4 Å². The number of benzene rings is 2. The van der Waals surface area contributed by atoms with Gasteiger partial charge in [0.25, 0.3) is 0 Å². The highest BCUT2D eigenvalue weighted by Crippen LogP contribution is 2.30. The molecule has 0 radical (unpaired) electrons. The molecule has 1 heterocycles. The van der Waals surface area contributed by atoms with Gasteiger partial charge in [0.05, 0.1) is 16.2 Å². The Kier molecular flexibility index (Phi) is 3.73. The van der Waals surface area contributed by atoms with Gasteiger partial charge in [0.15, 0.2) is 0 Å². The Morgan fingerprint density at radius 1 is 1.10 bits per heavy atom. The van der Waals surface area contributed by atoms with Gasteiger partial charge in [-0.1, -0.05) is 23.8 Å². The smallest absolute Gasteiger partial charge is 0.103 e. The summed E-state index contributed by atoms with van der Waals surface area (Å²) in [5, 5.41) is 4.94. The van der Waals surface area contributed by atoms with E-state index < -0.39 is 0 Å². The van der Waals surface area contributed by atoms with E-state index in [0.29, 0.717) is 10.0 Å². The highest BCUT2D eigenvalue weighted by atomic mass is 35.5. The quantitative estimate of drug-likeness (QED) is 0.709. The molecule has 0 saturated heterocycles. The minimum absolute atomic E-state index is 0.389. The molecule has 0 aliphatic rings. The Morgan fingerprint density at radius 3 is 2.57 bits per heavy atom. The van der Waals surface area contributed by atoms with Crippen molar-refractivity contribution in [3.63, 3.8) is 0 Å². The van der Waals surface area contributed by atoms with Gasteiger partial charge in [0, 0.05) is 22.8 Å². The van der Waals surface area contributed by atoms with Gasteiger partial charge in [0.1, 0.15) is 4.99 Å². The standard InChI is InChI=1S/C16H12ClN3S/c17-13-7-8-14(15-12(13)2-1-9-19-15)20-11-5-3-10(4-6-11)16(18)21/h1-9,20H,(H2,18,21). The van der Waals surface area contributed by atoms with Crippen LogP contribution in [-0.2, 0) is 0 Å². The minimum Gasteiger partial charge on any atom is -0.389 e. The molecule has 3 nitrogen and oxygen atoms in total. The van der Waals surface area contributed by atoms with Gasteiger partial charge in [-0.05, 0) is 48.5 Å². The van der Waals surface area contributed by atoms with Gasteiger partial charge < -0.3 is 11.1 Å². The van der Waals surface area contributed by atoms with Crippen LogP contribution < -0.4 is 11.1 Å². The molecule has 1 aromatic heterocycles. The second-order valence-electron chi connectivity index (χ2n) is 4.56. The summed E-state index contributed by atoms with van der Waals surface area (Å²) < 4.78 is 0. The first-order valence-corrected chi connectivity index (χ1v) is 7.14. The largest absolute Gasteiger partial charge is 0.389 e. The fraction of sp³-hybridized carbons (Fsp3) is 0. The van der Waals surface area contributed by atoms with Crippen molar-refractivity contribution in [2.24, 2.45) is 5.73 Å². The summed E-state index contributed by atoms with van der Waals surface area (Å²) in [5.41, 5.74) is 9.11. The van der Waals surface area contributed by atoms with Crippen LogP contribution in [0.1, 0.15) is 5.56 Å². The molecule has 5 heteroatoms. The Labute approximate surface area is 132 Å². The summed E-state index contributed by atoms with van der Waals surface area (Å²) in [6.45, 7) is 0. The van der Waals surface area contributed by atoms with E-state index in [-0.39, 0.29) is 0 Å². The molecule has 0 aliphatic heterocycles. The maximum atomic E-state index is 6.19. The lowest BCUT2D eigenvalue weighted by atomic mass is 10.1. The molecule has 0 amide bonds. The van der Waals surface area contributed by atoms with Crippen molar-refractivity contribution in [1.29, 1.82) is 0 Å². The number of nitrogens with one attached hydrogen (secondary N) is 1. The number of nitrogens with two attached hydrogens (primary N) is 1. The topological polar surface area (TPSA) is 50.9 Å². The van der Waals surface area contributed by atoms with Gasteiger partial charge in [-0.2, -0.15) is 0 Å². The zero-order chi connectivity index (χ0) is 14.8. The highest BCUT2D eigenvalue weighted by Gasteiger charge is 2.06. The maximum Gasteiger partial charge on any atom is 0.103 e. The summed E-state index contributed by atoms with van der Waals surface area (Å²) in [7, 11) is 0. The summed E-state index contributed by atoms with van der Waals surface area (Å²) in [6, 6.07) is 15.2. The van der Waals surface area contributed by atoms with Crippen LogP contribution in [0.25, 0.3) is 10.9 Å². The van der Waals surface area contributed by atoms with Crippen molar-refractivity contribution in [3.8, 4) is 0 Å². The van der Waals surface area contributed by atoms with Crippen LogP contribution in [0.3, 0.4) is 0 Å². The van der Waals surface area contributed by atoms with Gasteiger partial charge in [-0.15, -0.1) is 0 Å². The normalized spacial score (nSPS) is 10.5. The fourth-order valence-electron chi connectivity index (χ4n) is 2.11. The van der Waals surface area contributed by atoms with E-state index in [9.17, 15) is 0 Å². The Morgan fingerprint density at radius 2 is 1.86 bits per heavy atom. The van der Waals surface area contributed by atoms with Crippen molar-refractivity contribution in [3.05, 3.63) is 65.3 Å². The molecule has 0 bridgehead atoms. The summed E-state index contributed by atoms with van der Waals surface area (Å²) in [4.78, 5) is 4.79. The molecule has 0 unspecified atom stereocenters. The van der Waals surface area contributed by atoms with Crippen LogP contribution in [0, 0.1) is 0 Å². The highest BCUT2D eigenvalue weighted by molar-refractivity contribution is 7.80. The molecule has 3 aromatic rings. The molecule has 0 spiro atoms. The van der Waals surface area contributed by atoms with E-state index in [1.165, 1.54) is 0 Å². The van der Waals surface area contributed by atoms with E-state index in [4.69, 9.17) is 29.6 Å². The lowest BCUT2D eigenvalue weighted by Gasteiger charge is -2.10. The number of nitrogens with zero attached hydrogens (tertiary/aromatic N) is 1. The second-order valence-corrected chi connectivity index (χ2v) is 5.41. The molecule has 0 atom stereocenters. The molecular weight excluding hydrogens is 302 g/mol. The van der Waals surface area contributed by atoms with Crippen LogP contribution >= 0.6 is 23.8 Å². The number of fused-ring (bicyclic) bond motifs is 1. The van der Waals surface area contributed by atoms with Crippen molar-refractivity contribution in [1.82, 2.24) is 4.98 Å². The predicted molar refractivity (Wildman–Crippen MR) is 92.4 cm³/mol. The third-order valence-electron chi connectivity index (χ3n) is 3.16. The molecular formula is C16H12ClN3S. The average molecular weight is 314 g/mol. The van der Waals surface area contributed by atoms with Crippen molar-refractivity contribution >= 4 is 51.1 Å². The second kappa shape index (κ2) is 5.68. The predicted octanol–water partition coefficient (Wildman–Crippen LogP) is 4.27. The summed E-state index contributed by atoms with van der Waals surface area (Å²) in [6.07, 6.45) is 1.75. The van der Waals surface area contributed by atoms with Gasteiger partial charge in [-0.3, -0.25) is 4.98 Å². The number of thiocarbonyl (C=S) groups is 1. The van der Waals surface area contributed by atoms with Crippen LogP contribution in [0.2, 0.25) is 5.02 Å². The number of rotatable bonds is 3. The number of hydrogen-bond acceptors (Lipinski definition) is 3. The van der Waals surface area contributed by atoms with Crippen LogP contribution in [-0.4, -0.2) is 9.97 Å². The van der Waals surface area contributed by atoms with Crippen LogP contribution in [0.15, 0.2) is 54.7 Å². The SMILES string of the molecule is NC(=S)c1ccc(Nc2ccc(Cl)c3cccnc23)cc1. The molecule has 0 fully saturated rings. The van der Waals surface area contributed by atoms with Crippen molar-refractivity contribution in [2.45, 2.75) is 0 Å².